The highest BCUT2D eigenvalue weighted by Gasteiger charge is 2.34. The van der Waals surface area contributed by atoms with E-state index in [1.54, 1.807) is 30.3 Å². The van der Waals surface area contributed by atoms with Crippen molar-refractivity contribution in [1.82, 2.24) is 4.90 Å². The molecule has 8 heteroatoms. The number of halogens is 1. The van der Waals surface area contributed by atoms with Gasteiger partial charge in [-0.25, -0.2) is 12.8 Å². The van der Waals surface area contributed by atoms with Crippen LogP contribution in [0.3, 0.4) is 0 Å². The standard InChI is InChI=1S/C23H28FN3O3S/c24-22-7-3-2-6-18(22)16-27(21-12-13-21)23(28)17-31(29,30)25-19-8-10-20(11-9-19)26-14-4-1-5-15-26/h2-3,6-11,21,25H,1,4-5,12-17H2. The van der Waals surface area contributed by atoms with Gasteiger partial charge in [0.2, 0.25) is 15.9 Å². The molecule has 4 rings (SSSR count). The third kappa shape index (κ3) is 5.76. The number of anilines is 2. The van der Waals surface area contributed by atoms with Gasteiger partial charge in [-0.2, -0.15) is 0 Å². The van der Waals surface area contributed by atoms with Crippen LogP contribution in [-0.2, 0) is 21.4 Å². The number of carbonyl (C=O) groups is 1. The van der Waals surface area contributed by atoms with Crippen molar-refractivity contribution < 1.29 is 17.6 Å². The average molecular weight is 446 g/mol. The molecule has 0 radical (unpaired) electrons. The van der Waals surface area contributed by atoms with E-state index in [0.717, 1.165) is 31.6 Å². The lowest BCUT2D eigenvalue weighted by atomic mass is 10.1. The van der Waals surface area contributed by atoms with Crippen LogP contribution >= 0.6 is 0 Å². The van der Waals surface area contributed by atoms with Gasteiger partial charge in [0.05, 0.1) is 0 Å². The number of sulfonamides is 1. The minimum atomic E-state index is -3.87. The van der Waals surface area contributed by atoms with E-state index < -0.39 is 27.5 Å². The van der Waals surface area contributed by atoms with Gasteiger partial charge in [0.25, 0.3) is 0 Å². The van der Waals surface area contributed by atoms with Gasteiger partial charge < -0.3 is 9.80 Å². The molecule has 2 aliphatic rings. The number of hydrogen-bond acceptors (Lipinski definition) is 4. The highest BCUT2D eigenvalue weighted by molar-refractivity contribution is 7.93. The second-order valence-corrected chi connectivity index (χ2v) is 10.0. The van der Waals surface area contributed by atoms with E-state index in [0.29, 0.717) is 11.3 Å². The first kappa shape index (κ1) is 21.6. The Balaban J connectivity index is 1.39. The van der Waals surface area contributed by atoms with Gasteiger partial charge in [0, 0.05) is 42.6 Å². The van der Waals surface area contributed by atoms with Crippen molar-refractivity contribution in [2.45, 2.75) is 44.7 Å². The number of nitrogens with zero attached hydrogens (tertiary/aromatic N) is 2. The first-order chi connectivity index (χ1) is 14.9. The Bertz CT molecular complexity index is 1020. The maximum absolute atomic E-state index is 14.0. The van der Waals surface area contributed by atoms with Crippen molar-refractivity contribution >= 4 is 27.3 Å². The molecule has 0 aromatic heterocycles. The molecule has 1 amide bonds. The smallest absolute Gasteiger partial charge is 0.241 e. The van der Waals surface area contributed by atoms with Crippen LogP contribution in [0.5, 0.6) is 0 Å². The topological polar surface area (TPSA) is 69.7 Å². The van der Waals surface area contributed by atoms with Crippen molar-refractivity contribution in [2.24, 2.45) is 0 Å². The molecule has 0 bridgehead atoms. The molecule has 6 nitrogen and oxygen atoms in total. The summed E-state index contributed by atoms with van der Waals surface area (Å²) in [6, 6.07) is 13.5. The summed E-state index contributed by atoms with van der Waals surface area (Å²) in [7, 11) is -3.87. The highest BCUT2D eigenvalue weighted by atomic mass is 32.2. The quantitative estimate of drug-likeness (QED) is 0.672. The summed E-state index contributed by atoms with van der Waals surface area (Å²) in [6.45, 7) is 2.10. The molecule has 0 spiro atoms. The van der Waals surface area contributed by atoms with Gasteiger partial charge >= 0.3 is 0 Å². The Labute approximate surface area is 183 Å². The largest absolute Gasteiger partial charge is 0.372 e. The fourth-order valence-corrected chi connectivity index (χ4v) is 5.03. The van der Waals surface area contributed by atoms with E-state index in [9.17, 15) is 17.6 Å². The molecule has 0 unspecified atom stereocenters. The summed E-state index contributed by atoms with van der Waals surface area (Å²) in [4.78, 5) is 16.6. The Kier molecular flexibility index (Phi) is 6.46. The first-order valence-corrected chi connectivity index (χ1v) is 12.4. The van der Waals surface area contributed by atoms with Gasteiger partial charge in [-0.15, -0.1) is 0 Å². The van der Waals surface area contributed by atoms with Gasteiger partial charge in [0.1, 0.15) is 11.6 Å². The lowest BCUT2D eigenvalue weighted by molar-refractivity contribution is -0.129. The molecular weight excluding hydrogens is 417 g/mol. The summed E-state index contributed by atoms with van der Waals surface area (Å²) in [5.41, 5.74) is 1.89. The molecule has 0 atom stereocenters. The normalized spacial score (nSPS) is 16.7. The minimum Gasteiger partial charge on any atom is -0.372 e. The van der Waals surface area contributed by atoms with Crippen molar-refractivity contribution in [3.8, 4) is 0 Å². The molecule has 1 saturated heterocycles. The summed E-state index contributed by atoms with van der Waals surface area (Å²) in [5.74, 6) is -1.56. The van der Waals surface area contributed by atoms with E-state index >= 15 is 0 Å². The van der Waals surface area contributed by atoms with Crippen LogP contribution in [0.1, 0.15) is 37.7 Å². The third-order valence-corrected chi connectivity index (χ3v) is 6.96. The third-order valence-electron chi connectivity index (χ3n) is 5.78. The maximum Gasteiger partial charge on any atom is 0.241 e. The van der Waals surface area contributed by atoms with Crippen LogP contribution in [-0.4, -0.2) is 44.1 Å². The molecule has 2 fully saturated rings. The van der Waals surface area contributed by atoms with Crippen LogP contribution in [0, 0.1) is 5.82 Å². The minimum absolute atomic E-state index is 0.0221. The molecule has 1 aliphatic heterocycles. The van der Waals surface area contributed by atoms with E-state index in [2.05, 4.69) is 9.62 Å². The fraction of sp³-hybridized carbons (Fsp3) is 0.435. The summed E-state index contributed by atoms with van der Waals surface area (Å²) >= 11 is 0. The Morgan fingerprint density at radius 3 is 2.35 bits per heavy atom. The van der Waals surface area contributed by atoms with Crippen molar-refractivity contribution in [1.29, 1.82) is 0 Å². The predicted octanol–water partition coefficient (Wildman–Crippen LogP) is 3.75. The summed E-state index contributed by atoms with van der Waals surface area (Å²) < 4.78 is 41.8. The predicted molar refractivity (Wildman–Crippen MR) is 120 cm³/mol. The number of amides is 1. The lowest BCUT2D eigenvalue weighted by Gasteiger charge is -2.28. The number of nitrogens with one attached hydrogen (secondary N) is 1. The van der Waals surface area contributed by atoms with Crippen LogP contribution < -0.4 is 9.62 Å². The Hall–Kier alpha value is -2.61. The van der Waals surface area contributed by atoms with Crippen molar-refractivity contribution in [2.75, 3.05) is 28.5 Å². The first-order valence-electron chi connectivity index (χ1n) is 10.8. The monoisotopic (exact) mass is 445 g/mol. The van der Waals surface area contributed by atoms with E-state index in [1.807, 2.05) is 12.1 Å². The Morgan fingerprint density at radius 1 is 1.03 bits per heavy atom. The molecule has 1 N–H and O–H groups in total. The molecule has 31 heavy (non-hydrogen) atoms. The summed E-state index contributed by atoms with van der Waals surface area (Å²) in [6.07, 6.45) is 5.20. The van der Waals surface area contributed by atoms with Gasteiger partial charge in [-0.3, -0.25) is 9.52 Å². The molecule has 1 heterocycles. The van der Waals surface area contributed by atoms with Crippen LogP contribution in [0.15, 0.2) is 48.5 Å². The molecule has 1 saturated carbocycles. The maximum atomic E-state index is 14.0. The molecular formula is C23H28FN3O3S. The van der Waals surface area contributed by atoms with Gasteiger partial charge in [0.15, 0.2) is 0 Å². The fourth-order valence-electron chi connectivity index (χ4n) is 3.97. The number of benzene rings is 2. The second-order valence-electron chi connectivity index (χ2n) is 8.30. The number of piperidine rings is 1. The summed E-state index contributed by atoms with van der Waals surface area (Å²) in [5, 5.41) is 0. The van der Waals surface area contributed by atoms with E-state index in [1.165, 1.54) is 30.2 Å². The van der Waals surface area contributed by atoms with Crippen LogP contribution in [0.4, 0.5) is 15.8 Å². The second kappa shape index (κ2) is 9.26. The molecule has 2 aromatic rings. The lowest BCUT2D eigenvalue weighted by Crippen LogP contribution is -2.38. The van der Waals surface area contributed by atoms with E-state index in [-0.39, 0.29) is 12.6 Å². The highest BCUT2D eigenvalue weighted by Crippen LogP contribution is 2.29. The van der Waals surface area contributed by atoms with Crippen LogP contribution in [0.25, 0.3) is 0 Å². The van der Waals surface area contributed by atoms with Crippen molar-refractivity contribution in [3.63, 3.8) is 0 Å². The zero-order valence-corrected chi connectivity index (χ0v) is 18.3. The van der Waals surface area contributed by atoms with Crippen LogP contribution in [0.2, 0.25) is 0 Å². The molecule has 166 valence electrons. The molecule has 2 aromatic carbocycles. The Morgan fingerprint density at radius 2 is 1.71 bits per heavy atom. The zero-order valence-electron chi connectivity index (χ0n) is 17.5. The average Bonchev–Trinajstić information content (AvgIpc) is 3.59. The number of hydrogen-bond donors (Lipinski definition) is 1. The van der Waals surface area contributed by atoms with Gasteiger partial charge in [-0.1, -0.05) is 18.2 Å². The number of rotatable bonds is 8. The SMILES string of the molecule is O=C(CS(=O)(=O)Nc1ccc(N2CCCCC2)cc1)N(Cc1ccccc1F)C1CC1. The molecule has 1 aliphatic carbocycles. The van der Waals surface area contributed by atoms with E-state index in [4.69, 9.17) is 0 Å². The number of carbonyl (C=O) groups excluding carboxylic acids is 1. The zero-order chi connectivity index (χ0) is 21.8. The van der Waals surface area contributed by atoms with Crippen molar-refractivity contribution in [3.05, 3.63) is 59.9 Å². The van der Waals surface area contributed by atoms with Gasteiger partial charge in [-0.05, 0) is 62.4 Å².